The first kappa shape index (κ1) is 34.0. The number of thiophene rings is 2. The Labute approximate surface area is 291 Å². The maximum absolute atomic E-state index is 13.2. The van der Waals surface area contributed by atoms with Crippen molar-refractivity contribution >= 4 is 46.3 Å². The molecule has 4 heterocycles. The molecule has 0 atom stereocenters. The standard InChI is InChI=1S/C40H44N2O4S2/c1-3-5-7-9-11-13-23-41-37(43)29-17-15-27(25-31(29)39(41)45)33-19-21-35(47-33)36-22-20-34(48-36)28-16-18-30-32(26-28)40(46)42(38(30)44)24-14-12-10-8-6-4-2/h15-22,25-26H,3-14,23-24H2,1-2H3. The van der Waals surface area contributed by atoms with Crippen molar-refractivity contribution in [1.82, 2.24) is 9.80 Å². The van der Waals surface area contributed by atoms with Gasteiger partial charge >= 0.3 is 0 Å². The van der Waals surface area contributed by atoms with Crippen LogP contribution in [0.1, 0.15) is 132 Å². The molecule has 0 spiro atoms. The molecule has 48 heavy (non-hydrogen) atoms. The SMILES string of the molecule is CCCCCCCCN1C(=O)c2ccc(-c3ccc(-c4ccc(-c5ccc6c(c5)C(=O)N(CCCCCCCC)C6=O)s4)s3)cc2C1=O. The first-order chi connectivity index (χ1) is 23.4. The van der Waals surface area contributed by atoms with Gasteiger partial charge in [-0.25, -0.2) is 0 Å². The van der Waals surface area contributed by atoms with Gasteiger partial charge in [-0.3, -0.25) is 29.0 Å². The lowest BCUT2D eigenvalue weighted by Crippen LogP contribution is -2.30. The zero-order chi connectivity index (χ0) is 33.6. The van der Waals surface area contributed by atoms with Crippen molar-refractivity contribution < 1.29 is 19.2 Å². The smallest absolute Gasteiger partial charge is 0.261 e. The van der Waals surface area contributed by atoms with Gasteiger partial charge in [0.25, 0.3) is 23.6 Å². The third kappa shape index (κ3) is 7.10. The van der Waals surface area contributed by atoms with Gasteiger partial charge in [0.2, 0.25) is 0 Å². The highest BCUT2D eigenvalue weighted by atomic mass is 32.1. The first-order valence-electron chi connectivity index (χ1n) is 17.6. The summed E-state index contributed by atoms with van der Waals surface area (Å²) in [6, 6.07) is 19.5. The van der Waals surface area contributed by atoms with Gasteiger partial charge in [0.05, 0.1) is 22.3 Å². The van der Waals surface area contributed by atoms with Crippen LogP contribution < -0.4 is 0 Å². The number of hydrogen-bond donors (Lipinski definition) is 0. The van der Waals surface area contributed by atoms with Crippen LogP contribution in [0.15, 0.2) is 60.7 Å². The molecule has 8 heteroatoms. The van der Waals surface area contributed by atoms with Crippen LogP contribution in [0.4, 0.5) is 0 Å². The van der Waals surface area contributed by atoms with Crippen molar-refractivity contribution in [2.75, 3.05) is 13.1 Å². The number of hydrogen-bond acceptors (Lipinski definition) is 6. The molecular formula is C40H44N2O4S2. The van der Waals surface area contributed by atoms with Crippen molar-refractivity contribution in [1.29, 1.82) is 0 Å². The first-order valence-corrected chi connectivity index (χ1v) is 19.3. The molecule has 0 N–H and O–H groups in total. The average molecular weight is 681 g/mol. The number of benzene rings is 2. The van der Waals surface area contributed by atoms with E-state index in [4.69, 9.17) is 0 Å². The molecule has 4 aromatic rings. The minimum Gasteiger partial charge on any atom is -0.274 e. The molecule has 250 valence electrons. The van der Waals surface area contributed by atoms with E-state index in [1.54, 1.807) is 34.8 Å². The molecule has 0 unspecified atom stereocenters. The molecule has 4 amide bonds. The van der Waals surface area contributed by atoms with Gasteiger partial charge in [-0.15, -0.1) is 22.7 Å². The lowest BCUT2D eigenvalue weighted by molar-refractivity contribution is 0.0636. The largest absolute Gasteiger partial charge is 0.274 e. The van der Waals surface area contributed by atoms with Gasteiger partial charge in [0.1, 0.15) is 0 Å². The average Bonchev–Trinajstić information content (AvgIpc) is 3.88. The minimum absolute atomic E-state index is 0.184. The van der Waals surface area contributed by atoms with Crippen LogP contribution in [0.2, 0.25) is 0 Å². The molecule has 6 nitrogen and oxygen atoms in total. The number of carbonyl (C=O) groups excluding carboxylic acids is 4. The number of imide groups is 2. The van der Waals surface area contributed by atoms with E-state index >= 15 is 0 Å². The van der Waals surface area contributed by atoms with E-state index in [1.165, 1.54) is 48.3 Å². The number of carbonyl (C=O) groups is 4. The molecule has 0 bridgehead atoms. The molecule has 0 aliphatic carbocycles. The number of nitrogens with zero attached hydrogens (tertiary/aromatic N) is 2. The van der Waals surface area contributed by atoms with Gasteiger partial charge < -0.3 is 0 Å². The van der Waals surface area contributed by atoms with Gasteiger partial charge in [-0.2, -0.15) is 0 Å². The van der Waals surface area contributed by atoms with Crippen LogP contribution >= 0.6 is 22.7 Å². The zero-order valence-corrected chi connectivity index (χ0v) is 29.6. The number of unbranched alkanes of at least 4 members (excludes halogenated alkanes) is 10. The molecule has 2 aliphatic rings. The third-order valence-electron chi connectivity index (χ3n) is 9.44. The minimum atomic E-state index is -0.190. The van der Waals surface area contributed by atoms with Crippen LogP contribution in [0.3, 0.4) is 0 Å². The summed E-state index contributed by atoms with van der Waals surface area (Å²) in [7, 11) is 0. The number of rotatable bonds is 17. The van der Waals surface area contributed by atoms with E-state index < -0.39 is 0 Å². The lowest BCUT2D eigenvalue weighted by Gasteiger charge is -2.13. The maximum atomic E-state index is 13.2. The molecule has 0 fully saturated rings. The van der Waals surface area contributed by atoms with Crippen molar-refractivity contribution in [3.63, 3.8) is 0 Å². The molecule has 0 radical (unpaired) electrons. The monoisotopic (exact) mass is 680 g/mol. The van der Waals surface area contributed by atoms with Crippen molar-refractivity contribution in [3.05, 3.63) is 82.9 Å². The van der Waals surface area contributed by atoms with Crippen molar-refractivity contribution in [3.8, 4) is 30.6 Å². The highest BCUT2D eigenvalue weighted by Crippen LogP contribution is 2.42. The van der Waals surface area contributed by atoms with Crippen LogP contribution in [0, 0.1) is 0 Å². The van der Waals surface area contributed by atoms with Crippen molar-refractivity contribution in [2.24, 2.45) is 0 Å². The number of fused-ring (bicyclic) bond motifs is 2. The summed E-state index contributed by atoms with van der Waals surface area (Å²) in [5, 5.41) is 0. The molecule has 2 aliphatic heterocycles. The summed E-state index contributed by atoms with van der Waals surface area (Å²) >= 11 is 3.30. The fourth-order valence-electron chi connectivity index (χ4n) is 6.65. The van der Waals surface area contributed by atoms with Crippen LogP contribution in [-0.4, -0.2) is 46.5 Å². The highest BCUT2D eigenvalue weighted by Gasteiger charge is 2.36. The van der Waals surface area contributed by atoms with Crippen LogP contribution in [0.5, 0.6) is 0 Å². The van der Waals surface area contributed by atoms with E-state index in [0.29, 0.717) is 35.3 Å². The topological polar surface area (TPSA) is 74.8 Å². The normalized spacial score (nSPS) is 14.0. The van der Waals surface area contributed by atoms with E-state index in [-0.39, 0.29) is 23.6 Å². The van der Waals surface area contributed by atoms with Crippen molar-refractivity contribution in [2.45, 2.75) is 90.9 Å². The molecule has 0 saturated heterocycles. The highest BCUT2D eigenvalue weighted by molar-refractivity contribution is 7.25. The predicted octanol–water partition coefficient (Wildman–Crippen LogP) is 10.7. The summed E-state index contributed by atoms with van der Waals surface area (Å²) < 4.78 is 0. The van der Waals surface area contributed by atoms with Gasteiger partial charge in [0, 0.05) is 32.6 Å². The lowest BCUT2D eigenvalue weighted by atomic mass is 10.0. The molecule has 0 saturated carbocycles. The fraction of sp³-hybridized carbons (Fsp3) is 0.400. The van der Waals surface area contributed by atoms with Gasteiger partial charge in [0.15, 0.2) is 0 Å². The summed E-state index contributed by atoms with van der Waals surface area (Å²) in [5.41, 5.74) is 3.83. The Morgan fingerprint density at radius 1 is 0.417 bits per heavy atom. The second-order valence-electron chi connectivity index (χ2n) is 12.9. The third-order valence-corrected chi connectivity index (χ3v) is 11.9. The summed E-state index contributed by atoms with van der Waals surface area (Å²) in [5.74, 6) is -0.747. The second kappa shape index (κ2) is 15.6. The Hall–Kier alpha value is -3.88. The summed E-state index contributed by atoms with van der Waals surface area (Å²) in [4.78, 5) is 59.5. The summed E-state index contributed by atoms with van der Waals surface area (Å²) in [6.45, 7) is 5.34. The quantitative estimate of drug-likeness (QED) is 0.0822. The van der Waals surface area contributed by atoms with Gasteiger partial charge in [-0.05, 0) is 72.5 Å². The summed E-state index contributed by atoms with van der Waals surface area (Å²) in [6.07, 6.45) is 13.3. The molecule has 6 rings (SSSR count). The predicted molar refractivity (Wildman–Crippen MR) is 196 cm³/mol. The van der Waals surface area contributed by atoms with E-state index in [2.05, 4.69) is 38.1 Å². The van der Waals surface area contributed by atoms with Crippen LogP contribution in [-0.2, 0) is 0 Å². The molecular weight excluding hydrogens is 637 g/mol. The van der Waals surface area contributed by atoms with Gasteiger partial charge in [-0.1, -0.05) is 90.2 Å². The van der Waals surface area contributed by atoms with Crippen LogP contribution in [0.25, 0.3) is 30.6 Å². The van der Waals surface area contributed by atoms with E-state index in [9.17, 15) is 19.2 Å². The Morgan fingerprint density at radius 3 is 1.19 bits per heavy atom. The zero-order valence-electron chi connectivity index (χ0n) is 28.0. The molecule has 2 aromatic carbocycles. The van der Waals surface area contributed by atoms with E-state index in [0.717, 1.165) is 69.2 Å². The Morgan fingerprint density at radius 2 is 0.771 bits per heavy atom. The molecule has 2 aromatic heterocycles. The number of amides is 4. The Balaban J connectivity index is 1.10. The van der Waals surface area contributed by atoms with E-state index in [1.807, 2.05) is 24.3 Å². The Bertz CT molecular complexity index is 1690. The Kier molecular flexibility index (Phi) is 11.0. The second-order valence-corrected chi connectivity index (χ2v) is 15.1. The fourth-order valence-corrected chi connectivity index (χ4v) is 8.74. The maximum Gasteiger partial charge on any atom is 0.261 e.